The van der Waals surface area contributed by atoms with E-state index in [0.717, 1.165) is 17.7 Å². The van der Waals surface area contributed by atoms with Crippen molar-refractivity contribution in [2.45, 2.75) is 19.4 Å². The van der Waals surface area contributed by atoms with Crippen molar-refractivity contribution in [3.8, 4) is 5.75 Å². The second kappa shape index (κ2) is 6.43. The van der Waals surface area contributed by atoms with Gasteiger partial charge in [0.2, 0.25) is 0 Å². The molecule has 0 saturated carbocycles. The number of methoxy groups -OCH3 is 1. The summed E-state index contributed by atoms with van der Waals surface area (Å²) in [5.74, 6) is 0.843. The van der Waals surface area contributed by atoms with Crippen LogP contribution in [0.1, 0.15) is 12.5 Å². The van der Waals surface area contributed by atoms with Crippen LogP contribution in [-0.2, 0) is 11.2 Å². The summed E-state index contributed by atoms with van der Waals surface area (Å²) < 4.78 is 10.3. The van der Waals surface area contributed by atoms with Gasteiger partial charge in [-0.25, -0.2) is 0 Å². The van der Waals surface area contributed by atoms with Gasteiger partial charge in [0.05, 0.1) is 6.61 Å². The van der Waals surface area contributed by atoms with E-state index in [9.17, 15) is 5.11 Å². The molecule has 3 nitrogen and oxygen atoms in total. The first kappa shape index (κ1) is 12.0. The predicted octanol–water partition coefficient (Wildman–Crippen LogP) is 1.64. The second-order valence-corrected chi connectivity index (χ2v) is 3.38. The topological polar surface area (TPSA) is 38.7 Å². The molecule has 1 aromatic carbocycles. The van der Waals surface area contributed by atoms with Gasteiger partial charge >= 0.3 is 0 Å². The minimum Gasteiger partial charge on any atom is -0.491 e. The molecule has 1 rings (SSSR count). The highest BCUT2D eigenvalue weighted by Gasteiger charge is 2.06. The van der Waals surface area contributed by atoms with Gasteiger partial charge in [-0.1, -0.05) is 25.1 Å². The van der Waals surface area contributed by atoms with Crippen LogP contribution in [0.3, 0.4) is 0 Å². The summed E-state index contributed by atoms with van der Waals surface area (Å²) in [5.41, 5.74) is 1.15. The highest BCUT2D eigenvalue weighted by atomic mass is 16.5. The molecule has 84 valence electrons. The molecular weight excluding hydrogens is 192 g/mol. The van der Waals surface area contributed by atoms with Crippen LogP contribution in [0.2, 0.25) is 0 Å². The molecule has 1 unspecified atom stereocenters. The van der Waals surface area contributed by atoms with E-state index in [1.165, 1.54) is 0 Å². The smallest absolute Gasteiger partial charge is 0.122 e. The Balaban J connectivity index is 2.49. The van der Waals surface area contributed by atoms with Crippen LogP contribution in [0, 0.1) is 0 Å². The van der Waals surface area contributed by atoms with Gasteiger partial charge in [-0.3, -0.25) is 0 Å². The molecular formula is C12H18O3. The van der Waals surface area contributed by atoms with E-state index in [0.29, 0.717) is 6.61 Å². The van der Waals surface area contributed by atoms with Gasteiger partial charge in [-0.05, 0) is 18.1 Å². The van der Waals surface area contributed by atoms with E-state index < -0.39 is 6.10 Å². The standard InChI is InChI=1S/C12H18O3/c1-3-10-6-4-5-7-12(10)15-9-11(13)8-14-2/h4-7,11,13H,3,8-9H2,1-2H3. The van der Waals surface area contributed by atoms with Crippen LogP contribution >= 0.6 is 0 Å². The van der Waals surface area contributed by atoms with Crippen molar-refractivity contribution in [2.24, 2.45) is 0 Å². The maximum absolute atomic E-state index is 9.42. The molecule has 15 heavy (non-hydrogen) atoms. The molecule has 1 atom stereocenters. The van der Waals surface area contributed by atoms with E-state index in [1.54, 1.807) is 7.11 Å². The van der Waals surface area contributed by atoms with Crippen molar-refractivity contribution in [3.63, 3.8) is 0 Å². The van der Waals surface area contributed by atoms with Crippen molar-refractivity contribution in [2.75, 3.05) is 20.3 Å². The van der Waals surface area contributed by atoms with E-state index >= 15 is 0 Å². The number of aliphatic hydroxyl groups excluding tert-OH is 1. The van der Waals surface area contributed by atoms with Gasteiger partial charge in [-0.2, -0.15) is 0 Å². The summed E-state index contributed by atoms with van der Waals surface area (Å²) in [6, 6.07) is 7.85. The number of aliphatic hydroxyl groups is 1. The average molecular weight is 210 g/mol. The highest BCUT2D eigenvalue weighted by Crippen LogP contribution is 2.18. The zero-order valence-electron chi connectivity index (χ0n) is 9.27. The van der Waals surface area contributed by atoms with Crippen molar-refractivity contribution in [3.05, 3.63) is 29.8 Å². The lowest BCUT2D eigenvalue weighted by atomic mass is 10.1. The summed E-state index contributed by atoms with van der Waals surface area (Å²) in [7, 11) is 1.56. The van der Waals surface area contributed by atoms with Gasteiger partial charge < -0.3 is 14.6 Å². The fourth-order valence-electron chi connectivity index (χ4n) is 1.36. The van der Waals surface area contributed by atoms with Gasteiger partial charge in [0, 0.05) is 7.11 Å². The quantitative estimate of drug-likeness (QED) is 0.775. The molecule has 3 heteroatoms. The van der Waals surface area contributed by atoms with E-state index in [4.69, 9.17) is 9.47 Å². The van der Waals surface area contributed by atoms with Crippen LogP contribution in [0.5, 0.6) is 5.75 Å². The molecule has 0 aromatic heterocycles. The number of rotatable bonds is 6. The Morgan fingerprint density at radius 3 is 2.67 bits per heavy atom. The molecule has 0 bridgehead atoms. The van der Waals surface area contributed by atoms with Crippen LogP contribution < -0.4 is 4.74 Å². The van der Waals surface area contributed by atoms with Crippen LogP contribution in [-0.4, -0.2) is 31.5 Å². The van der Waals surface area contributed by atoms with Crippen LogP contribution in [0.15, 0.2) is 24.3 Å². The molecule has 0 aliphatic heterocycles. The van der Waals surface area contributed by atoms with E-state index in [1.807, 2.05) is 24.3 Å². The Morgan fingerprint density at radius 2 is 2.00 bits per heavy atom. The van der Waals surface area contributed by atoms with E-state index in [2.05, 4.69) is 6.92 Å². The van der Waals surface area contributed by atoms with Gasteiger partial charge in [0.1, 0.15) is 18.5 Å². The molecule has 0 aliphatic carbocycles. The lowest BCUT2D eigenvalue weighted by Crippen LogP contribution is -2.22. The summed E-state index contributed by atoms with van der Waals surface area (Å²) >= 11 is 0. The van der Waals surface area contributed by atoms with Crippen molar-refractivity contribution < 1.29 is 14.6 Å². The Hall–Kier alpha value is -1.06. The fourth-order valence-corrected chi connectivity index (χ4v) is 1.36. The van der Waals surface area contributed by atoms with Crippen LogP contribution in [0.4, 0.5) is 0 Å². The third kappa shape index (κ3) is 3.90. The first-order valence-electron chi connectivity index (χ1n) is 5.15. The molecule has 1 N–H and O–H groups in total. The summed E-state index contributed by atoms with van der Waals surface area (Å²) in [4.78, 5) is 0. The second-order valence-electron chi connectivity index (χ2n) is 3.38. The van der Waals surface area contributed by atoms with Crippen molar-refractivity contribution >= 4 is 0 Å². The first-order valence-corrected chi connectivity index (χ1v) is 5.15. The number of para-hydroxylation sites is 1. The molecule has 1 aromatic rings. The Bertz CT molecular complexity index is 286. The van der Waals surface area contributed by atoms with Gasteiger partial charge in [0.15, 0.2) is 0 Å². The number of hydrogen-bond acceptors (Lipinski definition) is 3. The Labute approximate surface area is 90.6 Å². The predicted molar refractivity (Wildman–Crippen MR) is 59.2 cm³/mol. The lowest BCUT2D eigenvalue weighted by Gasteiger charge is -2.13. The molecule has 0 heterocycles. The van der Waals surface area contributed by atoms with E-state index in [-0.39, 0.29) is 6.61 Å². The van der Waals surface area contributed by atoms with Gasteiger partial charge in [0.25, 0.3) is 0 Å². The minimum absolute atomic E-state index is 0.269. The molecule has 0 fully saturated rings. The third-order valence-electron chi connectivity index (χ3n) is 2.14. The largest absolute Gasteiger partial charge is 0.491 e. The van der Waals surface area contributed by atoms with Gasteiger partial charge in [-0.15, -0.1) is 0 Å². The molecule has 0 saturated heterocycles. The maximum Gasteiger partial charge on any atom is 0.122 e. The number of hydrogen-bond donors (Lipinski definition) is 1. The first-order chi connectivity index (χ1) is 7.27. The number of ether oxygens (including phenoxy) is 2. The third-order valence-corrected chi connectivity index (χ3v) is 2.14. The molecule has 0 amide bonds. The molecule has 0 aliphatic rings. The molecule has 0 spiro atoms. The fraction of sp³-hybridized carbons (Fsp3) is 0.500. The SMILES string of the molecule is CCc1ccccc1OCC(O)COC. The maximum atomic E-state index is 9.42. The number of aryl methyl sites for hydroxylation is 1. The number of benzene rings is 1. The van der Waals surface area contributed by atoms with Crippen LogP contribution in [0.25, 0.3) is 0 Å². The minimum atomic E-state index is -0.570. The zero-order chi connectivity index (χ0) is 11.1. The summed E-state index contributed by atoms with van der Waals surface area (Å²) in [5, 5.41) is 9.42. The normalized spacial score (nSPS) is 12.5. The lowest BCUT2D eigenvalue weighted by molar-refractivity contribution is 0.0323. The Morgan fingerprint density at radius 1 is 1.27 bits per heavy atom. The van der Waals surface area contributed by atoms with Crippen molar-refractivity contribution in [1.82, 2.24) is 0 Å². The highest BCUT2D eigenvalue weighted by molar-refractivity contribution is 5.33. The summed E-state index contributed by atoms with van der Waals surface area (Å²) in [6.45, 7) is 2.65. The monoisotopic (exact) mass is 210 g/mol. The zero-order valence-corrected chi connectivity index (χ0v) is 9.27. The molecule has 0 radical (unpaired) electrons. The Kier molecular flexibility index (Phi) is 5.15. The summed E-state index contributed by atoms with van der Waals surface area (Å²) in [6.07, 6.45) is 0.358. The van der Waals surface area contributed by atoms with Crippen molar-refractivity contribution in [1.29, 1.82) is 0 Å². The average Bonchev–Trinajstić information content (AvgIpc) is 2.27.